The number of non-ortho nitro benzene ring substituents is 1. The fraction of sp³-hybridized carbons (Fsp3) is 0.211. The highest BCUT2D eigenvalue weighted by molar-refractivity contribution is 5.92. The zero-order valence-corrected chi connectivity index (χ0v) is 14.2. The molecule has 1 N–H and O–H groups in total. The van der Waals surface area contributed by atoms with Crippen molar-refractivity contribution < 1.29 is 19.2 Å². The summed E-state index contributed by atoms with van der Waals surface area (Å²) < 4.78 is 10.6. The van der Waals surface area contributed by atoms with E-state index in [0.717, 1.165) is 5.56 Å². The van der Waals surface area contributed by atoms with Crippen LogP contribution in [0.2, 0.25) is 0 Å². The molecule has 7 nitrogen and oxygen atoms in total. The Morgan fingerprint density at radius 3 is 2.81 bits per heavy atom. The van der Waals surface area contributed by atoms with Crippen LogP contribution in [0, 0.1) is 10.1 Å². The molecule has 0 saturated carbocycles. The minimum Gasteiger partial charge on any atom is -0.467 e. The van der Waals surface area contributed by atoms with Crippen LogP contribution in [-0.4, -0.2) is 17.6 Å². The number of benzene rings is 2. The van der Waals surface area contributed by atoms with Crippen molar-refractivity contribution >= 4 is 17.7 Å². The zero-order chi connectivity index (χ0) is 18.5. The Kier molecular flexibility index (Phi) is 5.28. The molecular weight excluding hydrogens is 336 g/mol. The van der Waals surface area contributed by atoms with Crippen molar-refractivity contribution in [2.45, 2.75) is 19.6 Å². The van der Waals surface area contributed by atoms with E-state index in [-0.39, 0.29) is 31.0 Å². The van der Waals surface area contributed by atoms with Gasteiger partial charge in [-0.1, -0.05) is 30.3 Å². The minimum atomic E-state index is -0.482. The quantitative estimate of drug-likeness (QED) is 0.505. The molecule has 0 saturated heterocycles. The fourth-order valence-electron chi connectivity index (χ4n) is 2.71. The standard InChI is InChI=1S/C19H18N2O5/c1-13(14-5-3-2-4-6-14)20-18(22)8-7-15-9-17(21(23)24)10-16-11-25-12-26-19(15)16/h2-10,13H,11-12H2,1H3,(H,20,22)/b8-7+/t13-/m0/s1. The Morgan fingerprint density at radius 2 is 2.08 bits per heavy atom. The molecule has 0 fully saturated rings. The molecule has 134 valence electrons. The summed E-state index contributed by atoms with van der Waals surface area (Å²) >= 11 is 0. The predicted octanol–water partition coefficient (Wildman–Crippen LogP) is 3.35. The van der Waals surface area contributed by atoms with Gasteiger partial charge < -0.3 is 14.8 Å². The monoisotopic (exact) mass is 354 g/mol. The van der Waals surface area contributed by atoms with E-state index in [9.17, 15) is 14.9 Å². The smallest absolute Gasteiger partial charge is 0.270 e. The second kappa shape index (κ2) is 7.79. The molecule has 0 aliphatic carbocycles. The molecule has 26 heavy (non-hydrogen) atoms. The molecule has 2 aromatic carbocycles. The summed E-state index contributed by atoms with van der Waals surface area (Å²) in [5.74, 6) is 0.204. The number of nitrogens with one attached hydrogen (secondary N) is 1. The van der Waals surface area contributed by atoms with Gasteiger partial charge in [-0.3, -0.25) is 14.9 Å². The summed E-state index contributed by atoms with van der Waals surface area (Å²) in [6.07, 6.45) is 2.86. The summed E-state index contributed by atoms with van der Waals surface area (Å²) in [5.41, 5.74) is 1.97. The average molecular weight is 354 g/mol. The van der Waals surface area contributed by atoms with Crippen LogP contribution in [0.5, 0.6) is 5.75 Å². The molecule has 0 bridgehead atoms. The normalized spacial score (nSPS) is 14.3. The molecule has 1 amide bonds. The molecule has 1 atom stereocenters. The molecule has 0 spiro atoms. The number of nitrogens with zero attached hydrogens (tertiary/aromatic N) is 1. The highest BCUT2D eigenvalue weighted by atomic mass is 16.7. The number of nitro benzene ring substituents is 1. The number of hydrogen-bond acceptors (Lipinski definition) is 5. The molecule has 1 heterocycles. The van der Waals surface area contributed by atoms with Gasteiger partial charge in [0.15, 0.2) is 6.79 Å². The van der Waals surface area contributed by atoms with Gasteiger partial charge in [0.25, 0.3) is 5.69 Å². The van der Waals surface area contributed by atoms with Crippen molar-refractivity contribution in [2.75, 3.05) is 6.79 Å². The Morgan fingerprint density at radius 1 is 1.31 bits per heavy atom. The molecule has 3 rings (SSSR count). The number of carbonyl (C=O) groups is 1. The largest absolute Gasteiger partial charge is 0.467 e. The van der Waals surface area contributed by atoms with Crippen molar-refractivity contribution in [1.82, 2.24) is 5.32 Å². The molecule has 2 aromatic rings. The molecular formula is C19H18N2O5. The third-order valence-corrected chi connectivity index (χ3v) is 4.01. The van der Waals surface area contributed by atoms with Crippen molar-refractivity contribution in [3.8, 4) is 5.75 Å². The maximum Gasteiger partial charge on any atom is 0.270 e. The molecule has 1 aliphatic rings. The van der Waals surface area contributed by atoms with Crippen LogP contribution in [0.1, 0.15) is 29.7 Å². The lowest BCUT2D eigenvalue weighted by atomic mass is 10.1. The lowest BCUT2D eigenvalue weighted by Gasteiger charge is -2.19. The van der Waals surface area contributed by atoms with Gasteiger partial charge in [-0.2, -0.15) is 0 Å². The van der Waals surface area contributed by atoms with Crippen LogP contribution < -0.4 is 10.1 Å². The van der Waals surface area contributed by atoms with Gasteiger partial charge in [-0.25, -0.2) is 0 Å². The van der Waals surface area contributed by atoms with Crippen LogP contribution in [-0.2, 0) is 16.1 Å². The van der Waals surface area contributed by atoms with E-state index < -0.39 is 4.92 Å². The van der Waals surface area contributed by atoms with Gasteiger partial charge in [-0.15, -0.1) is 0 Å². The Labute approximate surface area is 150 Å². The number of carbonyl (C=O) groups excluding carboxylic acids is 1. The van der Waals surface area contributed by atoms with Gasteiger partial charge in [0.1, 0.15) is 5.75 Å². The third kappa shape index (κ3) is 4.07. The first-order valence-corrected chi connectivity index (χ1v) is 8.10. The molecule has 0 unspecified atom stereocenters. The SMILES string of the molecule is C[C@H](NC(=O)/C=C/c1cc([N+](=O)[O-])cc2c1OCOC2)c1ccccc1. The van der Waals surface area contributed by atoms with Gasteiger partial charge in [0.05, 0.1) is 17.6 Å². The summed E-state index contributed by atoms with van der Waals surface area (Å²) in [4.78, 5) is 22.8. The molecule has 0 aromatic heterocycles. The Hall–Kier alpha value is -3.19. The lowest BCUT2D eigenvalue weighted by Crippen LogP contribution is -2.24. The first kappa shape index (κ1) is 17.6. The number of fused-ring (bicyclic) bond motifs is 1. The van der Waals surface area contributed by atoms with E-state index in [1.165, 1.54) is 24.3 Å². The van der Waals surface area contributed by atoms with E-state index in [2.05, 4.69) is 5.32 Å². The topological polar surface area (TPSA) is 90.7 Å². The van der Waals surface area contributed by atoms with E-state index in [1.54, 1.807) is 0 Å². The second-order valence-corrected chi connectivity index (χ2v) is 5.87. The number of ether oxygens (including phenoxy) is 2. The molecule has 0 radical (unpaired) electrons. The van der Waals surface area contributed by atoms with Gasteiger partial charge in [0, 0.05) is 29.3 Å². The highest BCUT2D eigenvalue weighted by Crippen LogP contribution is 2.33. The fourth-order valence-corrected chi connectivity index (χ4v) is 2.71. The maximum atomic E-state index is 12.2. The third-order valence-electron chi connectivity index (χ3n) is 4.01. The zero-order valence-electron chi connectivity index (χ0n) is 14.2. The van der Waals surface area contributed by atoms with Crippen molar-refractivity contribution in [1.29, 1.82) is 0 Å². The number of hydrogen-bond donors (Lipinski definition) is 1. The van der Waals surface area contributed by atoms with Crippen LogP contribution in [0.15, 0.2) is 48.5 Å². The van der Waals surface area contributed by atoms with Crippen LogP contribution in [0.3, 0.4) is 0 Å². The highest BCUT2D eigenvalue weighted by Gasteiger charge is 2.20. The van der Waals surface area contributed by atoms with E-state index in [1.807, 2.05) is 37.3 Å². The Balaban J connectivity index is 1.78. The van der Waals surface area contributed by atoms with E-state index >= 15 is 0 Å². The van der Waals surface area contributed by atoms with E-state index in [0.29, 0.717) is 16.9 Å². The summed E-state index contributed by atoms with van der Waals surface area (Å²) in [6, 6.07) is 12.2. The van der Waals surface area contributed by atoms with Crippen molar-refractivity contribution in [2.24, 2.45) is 0 Å². The first-order valence-electron chi connectivity index (χ1n) is 8.10. The van der Waals surface area contributed by atoms with Crippen LogP contribution in [0.4, 0.5) is 5.69 Å². The lowest BCUT2D eigenvalue weighted by molar-refractivity contribution is -0.385. The number of rotatable bonds is 5. The van der Waals surface area contributed by atoms with Gasteiger partial charge >= 0.3 is 0 Å². The van der Waals surface area contributed by atoms with Crippen LogP contribution in [0.25, 0.3) is 6.08 Å². The van der Waals surface area contributed by atoms with Gasteiger partial charge in [0.2, 0.25) is 5.91 Å². The van der Waals surface area contributed by atoms with E-state index in [4.69, 9.17) is 9.47 Å². The van der Waals surface area contributed by atoms with Gasteiger partial charge in [-0.05, 0) is 18.6 Å². The Bertz CT molecular complexity index is 849. The second-order valence-electron chi connectivity index (χ2n) is 5.87. The first-order chi connectivity index (χ1) is 12.5. The predicted molar refractivity (Wildman–Crippen MR) is 95.4 cm³/mol. The summed E-state index contributed by atoms with van der Waals surface area (Å²) in [6.45, 7) is 2.19. The number of amides is 1. The average Bonchev–Trinajstić information content (AvgIpc) is 2.66. The number of nitro groups is 1. The van der Waals surface area contributed by atoms with Crippen molar-refractivity contribution in [3.05, 3.63) is 75.3 Å². The molecule has 1 aliphatic heterocycles. The van der Waals surface area contributed by atoms with Crippen molar-refractivity contribution in [3.63, 3.8) is 0 Å². The maximum absolute atomic E-state index is 12.2. The minimum absolute atomic E-state index is 0.0723. The van der Waals surface area contributed by atoms with Crippen LogP contribution >= 0.6 is 0 Å². The summed E-state index contributed by atoms with van der Waals surface area (Å²) in [7, 11) is 0. The summed E-state index contributed by atoms with van der Waals surface area (Å²) in [5, 5.41) is 14.0. The molecule has 7 heteroatoms.